The maximum Gasteiger partial charge on any atom is 0.255 e. The van der Waals surface area contributed by atoms with Crippen molar-refractivity contribution in [2.24, 2.45) is 0 Å². The number of ether oxygens (including phenoxy) is 3. The molecule has 2 aliphatic heterocycles. The Morgan fingerprint density at radius 2 is 1.69 bits per heavy atom. The van der Waals surface area contributed by atoms with E-state index in [2.05, 4.69) is 24.1 Å². The van der Waals surface area contributed by atoms with Crippen LogP contribution in [0.5, 0.6) is 11.5 Å². The Hall–Kier alpha value is -2.73. The van der Waals surface area contributed by atoms with Gasteiger partial charge in [-0.05, 0) is 56.3 Å². The van der Waals surface area contributed by atoms with Crippen molar-refractivity contribution in [1.29, 1.82) is 0 Å². The van der Waals surface area contributed by atoms with Gasteiger partial charge >= 0.3 is 0 Å². The van der Waals surface area contributed by atoms with E-state index in [9.17, 15) is 4.79 Å². The Bertz CT molecular complexity index is 796. The van der Waals surface area contributed by atoms with Crippen LogP contribution < -0.4 is 19.7 Å². The molecule has 0 radical (unpaired) electrons. The van der Waals surface area contributed by atoms with E-state index in [0.29, 0.717) is 29.1 Å². The molecule has 0 spiro atoms. The summed E-state index contributed by atoms with van der Waals surface area (Å²) in [5, 5.41) is 2.92. The summed E-state index contributed by atoms with van der Waals surface area (Å²) < 4.78 is 16.2. The lowest BCUT2D eigenvalue weighted by Gasteiger charge is -2.40. The molecule has 1 saturated heterocycles. The van der Waals surface area contributed by atoms with Crippen molar-refractivity contribution >= 4 is 17.3 Å². The molecule has 2 aromatic carbocycles. The van der Waals surface area contributed by atoms with E-state index in [1.807, 2.05) is 24.3 Å². The molecule has 1 fully saturated rings. The largest absolute Gasteiger partial charge is 0.454 e. The van der Waals surface area contributed by atoms with Crippen LogP contribution in [0.2, 0.25) is 0 Å². The number of morpholine rings is 1. The third-order valence-electron chi connectivity index (χ3n) is 4.73. The highest BCUT2D eigenvalue weighted by Gasteiger charge is 2.25. The number of nitrogens with one attached hydrogen (secondary N) is 1. The molecule has 0 aromatic heterocycles. The van der Waals surface area contributed by atoms with Crippen LogP contribution in [-0.4, -0.2) is 38.0 Å². The first kappa shape index (κ1) is 16.7. The molecule has 6 nitrogen and oxygen atoms in total. The number of fused-ring (bicyclic) bond motifs is 1. The monoisotopic (exact) mass is 354 g/mol. The molecule has 1 amide bonds. The van der Waals surface area contributed by atoms with Crippen molar-refractivity contribution in [3.63, 3.8) is 0 Å². The zero-order chi connectivity index (χ0) is 18.1. The summed E-state index contributed by atoms with van der Waals surface area (Å²) in [5.74, 6) is 1.09. The van der Waals surface area contributed by atoms with E-state index < -0.39 is 0 Å². The van der Waals surface area contributed by atoms with E-state index in [4.69, 9.17) is 14.2 Å². The van der Waals surface area contributed by atoms with E-state index >= 15 is 0 Å². The summed E-state index contributed by atoms with van der Waals surface area (Å²) >= 11 is 0. The van der Waals surface area contributed by atoms with Crippen LogP contribution in [0.15, 0.2) is 42.5 Å². The van der Waals surface area contributed by atoms with Gasteiger partial charge in [-0.2, -0.15) is 0 Å². The Balaban J connectivity index is 1.46. The normalized spacial score (nSPS) is 21.5. The molecular formula is C20H22N2O4. The summed E-state index contributed by atoms with van der Waals surface area (Å²) in [6.45, 7) is 5.97. The van der Waals surface area contributed by atoms with Gasteiger partial charge in [0.15, 0.2) is 11.5 Å². The lowest BCUT2D eigenvalue weighted by atomic mass is 10.1. The molecule has 0 aliphatic carbocycles. The number of nitrogens with zero attached hydrogens (tertiary/aromatic N) is 1. The Labute approximate surface area is 152 Å². The fourth-order valence-electron chi connectivity index (χ4n) is 3.47. The quantitative estimate of drug-likeness (QED) is 0.917. The van der Waals surface area contributed by atoms with Crippen LogP contribution in [0, 0.1) is 0 Å². The predicted molar refractivity (Wildman–Crippen MR) is 99.2 cm³/mol. The van der Waals surface area contributed by atoms with Crippen LogP contribution in [0.4, 0.5) is 11.4 Å². The number of carbonyl (C=O) groups excluding carboxylic acids is 1. The summed E-state index contributed by atoms with van der Waals surface area (Å²) in [5.41, 5.74) is 2.42. The fourth-order valence-corrected chi connectivity index (χ4v) is 3.47. The topological polar surface area (TPSA) is 60.0 Å². The minimum absolute atomic E-state index is 0.177. The Morgan fingerprint density at radius 3 is 2.42 bits per heavy atom. The van der Waals surface area contributed by atoms with Gasteiger partial charge in [0, 0.05) is 29.0 Å². The second kappa shape index (κ2) is 6.88. The van der Waals surface area contributed by atoms with Gasteiger partial charge in [-0.15, -0.1) is 0 Å². The number of amides is 1. The van der Waals surface area contributed by atoms with E-state index in [0.717, 1.165) is 24.6 Å². The average molecular weight is 354 g/mol. The van der Waals surface area contributed by atoms with Crippen molar-refractivity contribution < 1.29 is 19.0 Å². The van der Waals surface area contributed by atoms with E-state index in [1.54, 1.807) is 18.2 Å². The van der Waals surface area contributed by atoms with Crippen molar-refractivity contribution in [2.75, 3.05) is 30.2 Å². The molecule has 0 bridgehead atoms. The molecule has 26 heavy (non-hydrogen) atoms. The first-order valence-corrected chi connectivity index (χ1v) is 8.79. The first-order chi connectivity index (χ1) is 12.6. The summed E-state index contributed by atoms with van der Waals surface area (Å²) in [7, 11) is 0. The van der Waals surface area contributed by atoms with Crippen LogP contribution >= 0.6 is 0 Å². The number of anilines is 2. The number of benzene rings is 2. The minimum atomic E-state index is -0.177. The lowest BCUT2D eigenvalue weighted by molar-refractivity contribution is 0.0757. The average Bonchev–Trinajstić information content (AvgIpc) is 3.10. The number of hydrogen-bond acceptors (Lipinski definition) is 5. The van der Waals surface area contributed by atoms with Gasteiger partial charge in [0.2, 0.25) is 6.79 Å². The first-order valence-electron chi connectivity index (χ1n) is 8.79. The number of rotatable bonds is 3. The molecule has 136 valence electrons. The van der Waals surface area contributed by atoms with Crippen LogP contribution in [0.1, 0.15) is 24.2 Å². The standard InChI is InChI=1S/C20H22N2O4/c1-13-10-24-11-14(2)22(13)17-6-4-16(5-7-17)21-20(23)15-3-8-18-19(9-15)26-12-25-18/h3-9,13-14H,10-12H2,1-2H3,(H,21,23). The number of hydrogen-bond donors (Lipinski definition) is 1. The van der Waals surface area contributed by atoms with Gasteiger partial charge in [-0.3, -0.25) is 4.79 Å². The number of carbonyl (C=O) groups is 1. The van der Waals surface area contributed by atoms with E-state index in [-0.39, 0.29) is 12.7 Å². The highest BCUT2D eigenvalue weighted by Crippen LogP contribution is 2.32. The smallest absolute Gasteiger partial charge is 0.255 e. The maximum absolute atomic E-state index is 12.5. The van der Waals surface area contributed by atoms with Crippen LogP contribution in [0.25, 0.3) is 0 Å². The fraction of sp³-hybridized carbons (Fsp3) is 0.350. The third kappa shape index (κ3) is 3.20. The van der Waals surface area contributed by atoms with Crippen molar-refractivity contribution in [3.8, 4) is 11.5 Å². The second-order valence-corrected chi connectivity index (χ2v) is 6.71. The minimum Gasteiger partial charge on any atom is -0.454 e. The lowest BCUT2D eigenvalue weighted by Crippen LogP contribution is -2.49. The zero-order valence-corrected chi connectivity index (χ0v) is 14.9. The molecule has 0 saturated carbocycles. The SMILES string of the molecule is CC1COCC(C)N1c1ccc(NC(=O)c2ccc3c(c2)OCO3)cc1. The molecule has 2 aromatic rings. The maximum atomic E-state index is 12.5. The Morgan fingerprint density at radius 1 is 1.00 bits per heavy atom. The van der Waals surface area contributed by atoms with Gasteiger partial charge in [0.25, 0.3) is 5.91 Å². The van der Waals surface area contributed by atoms with Gasteiger partial charge in [0.1, 0.15) is 0 Å². The highest BCUT2D eigenvalue weighted by molar-refractivity contribution is 6.04. The van der Waals surface area contributed by atoms with Gasteiger partial charge in [-0.1, -0.05) is 0 Å². The van der Waals surface area contributed by atoms with Crippen molar-refractivity contribution in [1.82, 2.24) is 0 Å². The zero-order valence-electron chi connectivity index (χ0n) is 14.9. The summed E-state index contributed by atoms with van der Waals surface area (Å²) in [6.07, 6.45) is 0. The molecular weight excluding hydrogens is 332 g/mol. The third-order valence-corrected chi connectivity index (χ3v) is 4.73. The highest BCUT2D eigenvalue weighted by atomic mass is 16.7. The molecule has 6 heteroatoms. The molecule has 2 aliphatic rings. The van der Waals surface area contributed by atoms with E-state index in [1.165, 1.54) is 0 Å². The molecule has 2 unspecified atom stereocenters. The van der Waals surface area contributed by atoms with Gasteiger partial charge in [0.05, 0.1) is 13.2 Å². The predicted octanol–water partition coefficient (Wildman–Crippen LogP) is 3.28. The van der Waals surface area contributed by atoms with Gasteiger partial charge < -0.3 is 24.4 Å². The molecule has 1 N–H and O–H groups in total. The van der Waals surface area contributed by atoms with Crippen LogP contribution in [-0.2, 0) is 4.74 Å². The van der Waals surface area contributed by atoms with Crippen molar-refractivity contribution in [3.05, 3.63) is 48.0 Å². The van der Waals surface area contributed by atoms with Gasteiger partial charge in [-0.25, -0.2) is 0 Å². The van der Waals surface area contributed by atoms with Crippen LogP contribution in [0.3, 0.4) is 0 Å². The molecule has 2 atom stereocenters. The second-order valence-electron chi connectivity index (χ2n) is 6.71. The van der Waals surface area contributed by atoms with Crippen molar-refractivity contribution in [2.45, 2.75) is 25.9 Å². The molecule has 2 heterocycles. The summed E-state index contributed by atoms with van der Waals surface area (Å²) in [6, 6.07) is 13.8. The summed E-state index contributed by atoms with van der Waals surface area (Å²) in [4.78, 5) is 14.8. The molecule has 4 rings (SSSR count). The Kier molecular flexibility index (Phi) is 4.42.